The molecular formula is C31H34N3O4+. The molecule has 0 saturated carbocycles. The number of para-hydroxylation sites is 1. The fraction of sp³-hybridized carbons (Fsp3) is 0.323. The third kappa shape index (κ3) is 5.78. The molecule has 2 aliphatic rings. The second-order valence-corrected chi connectivity index (χ2v) is 10.8. The molecule has 0 aromatic heterocycles. The Hall–Kier alpha value is -3.97. The van der Waals surface area contributed by atoms with Crippen LogP contribution in [0, 0.1) is 5.92 Å². The molecule has 7 nitrogen and oxygen atoms in total. The van der Waals surface area contributed by atoms with Gasteiger partial charge >= 0.3 is 5.97 Å². The monoisotopic (exact) mass is 512 g/mol. The maximum Gasteiger partial charge on any atom is 0.333 e. The molecule has 3 aromatic rings. The molecule has 2 heterocycles. The number of hydrogen-bond donors (Lipinski definition) is 2. The summed E-state index contributed by atoms with van der Waals surface area (Å²) in [5, 5.41) is 6.14. The van der Waals surface area contributed by atoms with E-state index in [0.29, 0.717) is 29.6 Å². The highest BCUT2D eigenvalue weighted by atomic mass is 16.5. The average Bonchev–Trinajstić information content (AvgIpc) is 3.29. The van der Waals surface area contributed by atoms with Gasteiger partial charge < -0.3 is 19.9 Å². The molecule has 1 amide bonds. The molecule has 5 rings (SSSR count). The number of fused-ring (bicyclic) bond motifs is 1. The lowest BCUT2D eigenvalue weighted by molar-refractivity contribution is -0.910. The Morgan fingerprint density at radius 1 is 1.05 bits per heavy atom. The number of amides is 1. The number of anilines is 2. The molecule has 2 N–H and O–H groups in total. The third-order valence-electron chi connectivity index (χ3n) is 7.68. The van der Waals surface area contributed by atoms with E-state index in [-0.39, 0.29) is 29.7 Å². The van der Waals surface area contributed by atoms with E-state index < -0.39 is 6.04 Å². The van der Waals surface area contributed by atoms with E-state index in [0.717, 1.165) is 35.5 Å². The highest BCUT2D eigenvalue weighted by molar-refractivity contribution is 6.02. The minimum Gasteiger partial charge on any atom is -0.454 e. The molecule has 0 radical (unpaired) electrons. The first-order chi connectivity index (χ1) is 18.3. The fourth-order valence-electron chi connectivity index (χ4n) is 5.39. The fourth-order valence-corrected chi connectivity index (χ4v) is 5.39. The van der Waals surface area contributed by atoms with Gasteiger partial charge in [-0.15, -0.1) is 0 Å². The van der Waals surface area contributed by atoms with E-state index in [2.05, 4.69) is 24.6 Å². The van der Waals surface area contributed by atoms with Crippen LogP contribution in [0.25, 0.3) is 0 Å². The standard InChI is InChI=1S/C31H33N3O4/c1-21-15-16-34(2,19-27(35)23-13-14-26-24(17-23)18-29(36)33-26)20-28(21)38-31(37)30(22-9-5-3-6-10-22)32-25-11-7-4-8-12-25/h3-14,17,21,28,30,32H,15-16,18-20H2,1-2H3/p+1/t21?,28-,30+,34?/m0/s1. The molecule has 0 aliphatic carbocycles. The first-order valence-corrected chi connectivity index (χ1v) is 13.2. The molecule has 1 saturated heterocycles. The van der Waals surface area contributed by atoms with Gasteiger partial charge in [-0.3, -0.25) is 9.59 Å². The van der Waals surface area contributed by atoms with Crippen LogP contribution in [0.2, 0.25) is 0 Å². The van der Waals surface area contributed by atoms with Crippen LogP contribution < -0.4 is 10.6 Å². The predicted octanol–water partition coefficient (Wildman–Crippen LogP) is 4.62. The molecule has 196 valence electrons. The van der Waals surface area contributed by atoms with Crippen molar-refractivity contribution in [1.29, 1.82) is 0 Å². The smallest absolute Gasteiger partial charge is 0.333 e. The summed E-state index contributed by atoms with van der Waals surface area (Å²) in [5.41, 5.74) is 3.93. The number of carbonyl (C=O) groups excluding carboxylic acids is 3. The summed E-state index contributed by atoms with van der Waals surface area (Å²) in [6.45, 7) is 3.81. The second-order valence-electron chi connectivity index (χ2n) is 10.8. The van der Waals surface area contributed by atoms with Crippen LogP contribution in [0.1, 0.15) is 40.9 Å². The van der Waals surface area contributed by atoms with Gasteiger partial charge in [-0.05, 0) is 41.5 Å². The number of nitrogens with zero attached hydrogens (tertiary/aromatic N) is 1. The van der Waals surface area contributed by atoms with Crippen LogP contribution in [0.3, 0.4) is 0 Å². The number of Topliss-reactive ketones (excluding diaryl/α,β-unsaturated/α-hetero) is 1. The number of rotatable bonds is 8. The van der Waals surface area contributed by atoms with Crippen molar-refractivity contribution in [2.45, 2.75) is 31.9 Å². The van der Waals surface area contributed by atoms with Gasteiger partial charge in [0.1, 0.15) is 13.1 Å². The lowest BCUT2D eigenvalue weighted by atomic mass is 9.93. The molecule has 2 aliphatic heterocycles. The number of quaternary nitrogens is 1. The molecule has 0 bridgehead atoms. The van der Waals surface area contributed by atoms with Gasteiger partial charge in [0.05, 0.1) is 20.0 Å². The van der Waals surface area contributed by atoms with Crippen molar-refractivity contribution in [2.75, 3.05) is 37.3 Å². The van der Waals surface area contributed by atoms with Crippen molar-refractivity contribution in [1.82, 2.24) is 0 Å². The number of ether oxygens (including phenoxy) is 1. The van der Waals surface area contributed by atoms with Gasteiger partial charge in [0.2, 0.25) is 11.7 Å². The Balaban J connectivity index is 1.29. The zero-order chi connectivity index (χ0) is 26.7. The first kappa shape index (κ1) is 25.7. The van der Waals surface area contributed by atoms with E-state index in [4.69, 9.17) is 4.74 Å². The summed E-state index contributed by atoms with van der Waals surface area (Å²) in [6.07, 6.45) is 0.851. The maximum atomic E-state index is 13.6. The topological polar surface area (TPSA) is 84.5 Å². The molecule has 3 aromatic carbocycles. The molecule has 4 atom stereocenters. The van der Waals surface area contributed by atoms with Crippen molar-refractivity contribution in [3.8, 4) is 0 Å². The highest BCUT2D eigenvalue weighted by Gasteiger charge is 2.40. The Morgan fingerprint density at radius 3 is 2.50 bits per heavy atom. The molecule has 1 fully saturated rings. The number of ketones is 1. The van der Waals surface area contributed by atoms with Crippen LogP contribution in [-0.4, -0.2) is 54.9 Å². The predicted molar refractivity (Wildman–Crippen MR) is 147 cm³/mol. The summed E-state index contributed by atoms with van der Waals surface area (Å²) in [7, 11) is 2.06. The van der Waals surface area contributed by atoms with Crippen molar-refractivity contribution >= 4 is 29.0 Å². The van der Waals surface area contributed by atoms with E-state index >= 15 is 0 Å². The van der Waals surface area contributed by atoms with Gasteiger partial charge in [-0.1, -0.05) is 55.5 Å². The summed E-state index contributed by atoms with van der Waals surface area (Å²) in [4.78, 5) is 38.5. The molecule has 38 heavy (non-hydrogen) atoms. The third-order valence-corrected chi connectivity index (χ3v) is 7.68. The van der Waals surface area contributed by atoms with Gasteiger partial charge in [0.25, 0.3) is 0 Å². The maximum absolute atomic E-state index is 13.6. The number of likely N-dealkylation sites (N-methyl/N-ethyl adjacent to an activating group) is 1. The Morgan fingerprint density at radius 2 is 1.76 bits per heavy atom. The second kappa shape index (κ2) is 10.8. The first-order valence-electron chi connectivity index (χ1n) is 13.2. The van der Waals surface area contributed by atoms with Gasteiger partial charge in [0.15, 0.2) is 12.1 Å². The highest BCUT2D eigenvalue weighted by Crippen LogP contribution is 2.29. The Labute approximate surface area is 223 Å². The van der Waals surface area contributed by atoms with E-state index in [1.165, 1.54) is 0 Å². The van der Waals surface area contributed by atoms with E-state index in [9.17, 15) is 14.4 Å². The number of hydrogen-bond acceptors (Lipinski definition) is 5. The van der Waals surface area contributed by atoms with E-state index in [1.807, 2.05) is 66.7 Å². The van der Waals surface area contributed by atoms with Gasteiger partial charge in [-0.2, -0.15) is 0 Å². The molecule has 0 spiro atoms. The van der Waals surface area contributed by atoms with Crippen molar-refractivity contribution in [2.24, 2.45) is 5.92 Å². The normalized spacial score (nSPS) is 23.2. The molecule has 2 unspecified atom stereocenters. The lowest BCUT2D eigenvalue weighted by Crippen LogP contribution is -2.58. The van der Waals surface area contributed by atoms with Gasteiger partial charge in [-0.25, -0.2) is 4.79 Å². The SMILES string of the molecule is CC1CC[N+](C)(CC(=O)c2ccc3c(c2)CC(=O)N3)C[C@@H]1OC(=O)[C@H](Nc1ccccc1)c1ccccc1. The Bertz CT molecular complexity index is 1330. The summed E-state index contributed by atoms with van der Waals surface area (Å²) in [6, 6.07) is 24.0. The molecule has 7 heteroatoms. The Kier molecular flexibility index (Phi) is 7.29. The number of piperidine rings is 1. The van der Waals surface area contributed by atoms with Crippen LogP contribution in [0.4, 0.5) is 11.4 Å². The van der Waals surface area contributed by atoms with E-state index in [1.54, 1.807) is 12.1 Å². The number of esters is 1. The minimum absolute atomic E-state index is 0.0298. The minimum atomic E-state index is -0.643. The van der Waals surface area contributed by atoms with Crippen molar-refractivity contribution in [3.05, 3.63) is 95.6 Å². The van der Waals surface area contributed by atoms with Crippen LogP contribution >= 0.6 is 0 Å². The van der Waals surface area contributed by atoms with Gasteiger partial charge in [0, 0.05) is 29.3 Å². The number of likely N-dealkylation sites (tertiary alicyclic amines) is 1. The number of carbonyl (C=O) groups is 3. The lowest BCUT2D eigenvalue weighted by Gasteiger charge is -2.43. The number of nitrogens with one attached hydrogen (secondary N) is 2. The van der Waals surface area contributed by atoms with Crippen LogP contribution in [0.15, 0.2) is 78.9 Å². The summed E-state index contributed by atoms with van der Waals surface area (Å²) in [5.74, 6) is -0.158. The van der Waals surface area contributed by atoms with Crippen LogP contribution in [0.5, 0.6) is 0 Å². The summed E-state index contributed by atoms with van der Waals surface area (Å²) < 4.78 is 6.67. The quantitative estimate of drug-likeness (QED) is 0.262. The van der Waals surface area contributed by atoms with Crippen molar-refractivity contribution < 1.29 is 23.6 Å². The zero-order valence-corrected chi connectivity index (χ0v) is 21.9. The largest absolute Gasteiger partial charge is 0.454 e. The zero-order valence-electron chi connectivity index (χ0n) is 21.9. The van der Waals surface area contributed by atoms with Crippen molar-refractivity contribution in [3.63, 3.8) is 0 Å². The van der Waals surface area contributed by atoms with Crippen LogP contribution in [-0.2, 0) is 20.7 Å². The average molecular weight is 513 g/mol. The summed E-state index contributed by atoms with van der Waals surface area (Å²) >= 11 is 0. The molecular weight excluding hydrogens is 478 g/mol. The number of benzene rings is 3.